The molecule has 0 saturated carbocycles. The second-order valence-corrected chi connectivity index (χ2v) is 3.94. The van der Waals surface area contributed by atoms with E-state index in [1.807, 2.05) is 6.92 Å². The number of rotatable bonds is 8. The van der Waals surface area contributed by atoms with Crippen LogP contribution in [-0.2, 0) is 4.74 Å². The van der Waals surface area contributed by atoms with Crippen molar-refractivity contribution in [3.8, 4) is 0 Å². The minimum absolute atomic E-state index is 0.386. The largest absolute Gasteiger partial charge is 0.396 e. The Balaban J connectivity index is 2.97. The summed E-state index contributed by atoms with van der Waals surface area (Å²) in [7, 11) is 0. The Morgan fingerprint density at radius 1 is 1.08 bits per heavy atom. The quantitative estimate of drug-likeness (QED) is 0.416. The van der Waals surface area contributed by atoms with Gasteiger partial charge in [0.15, 0.2) is 16.3 Å². The smallest absolute Gasteiger partial charge is 0.171 e. The van der Waals surface area contributed by atoms with E-state index >= 15 is 0 Å². The zero-order valence-corrected chi connectivity index (χ0v) is 9.67. The molecule has 0 heterocycles. The highest BCUT2D eigenvalue weighted by molar-refractivity contribution is 6.10. The van der Waals surface area contributed by atoms with Crippen LogP contribution in [0, 0.1) is 0 Å². The third kappa shape index (κ3) is 8.59. The van der Waals surface area contributed by atoms with Crippen molar-refractivity contribution in [2.24, 2.45) is 0 Å². The molecule has 0 aromatic heterocycles. The zero-order valence-electron chi connectivity index (χ0n) is 8.51. The number of hydrogen-bond acceptors (Lipinski definition) is 1. The van der Waals surface area contributed by atoms with Gasteiger partial charge in [0.05, 0.1) is 0 Å². The maximum absolute atomic E-state index is 5.41. The highest BCUT2D eigenvalue weighted by Crippen LogP contribution is 2.07. The molecule has 0 bridgehead atoms. The molecule has 0 aliphatic rings. The summed E-state index contributed by atoms with van der Waals surface area (Å²) in [5.41, 5.74) is 0. The third-order valence-corrected chi connectivity index (χ3v) is 2.50. The van der Waals surface area contributed by atoms with Crippen molar-refractivity contribution >= 4 is 16.3 Å². The first-order valence-corrected chi connectivity index (χ1v) is 5.85. The molecule has 70 valence electrons. The summed E-state index contributed by atoms with van der Waals surface area (Å²) in [6, 6.07) is 0. The SMILES string of the molecule is CCCCCCC[CH]([Al])OCC. The Morgan fingerprint density at radius 3 is 2.33 bits per heavy atom. The van der Waals surface area contributed by atoms with Crippen LogP contribution in [-0.4, -0.2) is 27.9 Å². The van der Waals surface area contributed by atoms with E-state index < -0.39 is 0 Å². The van der Waals surface area contributed by atoms with Crippen LogP contribution in [0.1, 0.15) is 52.4 Å². The molecule has 0 N–H and O–H groups in total. The average Bonchev–Trinajstić information content (AvgIpc) is 2.05. The van der Waals surface area contributed by atoms with Gasteiger partial charge in [-0.05, 0) is 18.3 Å². The molecule has 0 aliphatic heterocycles. The van der Waals surface area contributed by atoms with Gasteiger partial charge in [0.25, 0.3) is 0 Å². The molecule has 2 radical (unpaired) electrons. The molecule has 0 fully saturated rings. The summed E-state index contributed by atoms with van der Waals surface area (Å²) in [6.45, 7) is 5.13. The first-order chi connectivity index (χ1) is 5.81. The Hall–Kier alpha value is 0.492. The first kappa shape index (κ1) is 12.5. The molecule has 0 spiro atoms. The monoisotopic (exact) mass is 184 g/mol. The van der Waals surface area contributed by atoms with Crippen LogP contribution >= 0.6 is 0 Å². The third-order valence-electron chi connectivity index (χ3n) is 1.97. The molecule has 0 aromatic rings. The summed E-state index contributed by atoms with van der Waals surface area (Å²) >= 11 is 2.75. The second kappa shape index (κ2) is 9.58. The summed E-state index contributed by atoms with van der Waals surface area (Å²) in [4.78, 5) is 0.386. The van der Waals surface area contributed by atoms with Crippen molar-refractivity contribution in [3.05, 3.63) is 0 Å². The van der Waals surface area contributed by atoms with Crippen molar-refractivity contribution in [1.82, 2.24) is 0 Å². The fourth-order valence-electron chi connectivity index (χ4n) is 1.25. The molecule has 1 unspecified atom stereocenters. The maximum Gasteiger partial charge on any atom is 0.171 e. The van der Waals surface area contributed by atoms with Crippen molar-refractivity contribution in [2.75, 3.05) is 6.61 Å². The molecule has 1 nitrogen and oxygen atoms in total. The van der Waals surface area contributed by atoms with Crippen molar-refractivity contribution in [3.63, 3.8) is 0 Å². The predicted octanol–water partition coefficient (Wildman–Crippen LogP) is 2.88. The van der Waals surface area contributed by atoms with Crippen LogP contribution in [0.25, 0.3) is 0 Å². The van der Waals surface area contributed by atoms with E-state index in [0.29, 0.717) is 4.97 Å². The molecule has 0 saturated heterocycles. The number of unbranched alkanes of at least 4 members (excludes halogenated alkanes) is 4. The van der Waals surface area contributed by atoms with Crippen LogP contribution in [0.3, 0.4) is 0 Å². The van der Waals surface area contributed by atoms with Crippen LogP contribution in [0.5, 0.6) is 0 Å². The fourth-order valence-corrected chi connectivity index (χ4v) is 1.67. The molecule has 0 rings (SSSR count). The molecule has 12 heavy (non-hydrogen) atoms. The van der Waals surface area contributed by atoms with E-state index in [-0.39, 0.29) is 0 Å². The van der Waals surface area contributed by atoms with Gasteiger partial charge in [-0.1, -0.05) is 39.0 Å². The fraction of sp³-hybridized carbons (Fsp3) is 1.00. The summed E-state index contributed by atoms with van der Waals surface area (Å²) in [5, 5.41) is 0. The van der Waals surface area contributed by atoms with Gasteiger partial charge in [0.1, 0.15) is 0 Å². The standard InChI is InChI=1S/C10H21O.Al/c1-3-5-6-7-8-9-10-11-4-2;/h10H,3-9H2,1-2H3;. The van der Waals surface area contributed by atoms with Crippen molar-refractivity contribution in [1.29, 1.82) is 0 Å². The highest BCUT2D eigenvalue weighted by Gasteiger charge is 1.98. The van der Waals surface area contributed by atoms with Crippen LogP contribution in [0.4, 0.5) is 0 Å². The van der Waals surface area contributed by atoms with Gasteiger partial charge in [-0.15, -0.1) is 0 Å². The van der Waals surface area contributed by atoms with Crippen LogP contribution < -0.4 is 0 Å². The van der Waals surface area contributed by atoms with E-state index in [4.69, 9.17) is 4.74 Å². The van der Waals surface area contributed by atoms with Gasteiger partial charge in [-0.3, -0.25) is 0 Å². The maximum atomic E-state index is 5.41. The highest BCUT2D eigenvalue weighted by atomic mass is 27.0. The van der Waals surface area contributed by atoms with Crippen LogP contribution in [0.2, 0.25) is 0 Å². The molecule has 0 aliphatic carbocycles. The first-order valence-electron chi connectivity index (χ1n) is 5.18. The normalized spacial score (nSPS) is 13.2. The molecule has 0 amide bonds. The Morgan fingerprint density at radius 2 is 1.75 bits per heavy atom. The van der Waals surface area contributed by atoms with Crippen LogP contribution in [0.15, 0.2) is 0 Å². The Kier molecular flexibility index (Phi) is 9.97. The lowest BCUT2D eigenvalue weighted by Crippen LogP contribution is -2.11. The molecule has 0 aromatic carbocycles. The molecular weight excluding hydrogens is 163 g/mol. The minimum atomic E-state index is 0.386. The lowest BCUT2D eigenvalue weighted by Gasteiger charge is -2.11. The summed E-state index contributed by atoms with van der Waals surface area (Å²) in [5.74, 6) is 0. The Labute approximate surface area is 85.3 Å². The lowest BCUT2D eigenvalue weighted by molar-refractivity contribution is 0.111. The van der Waals surface area contributed by atoms with Gasteiger partial charge < -0.3 is 4.74 Å². The Bertz CT molecular complexity index is 85.9. The van der Waals surface area contributed by atoms with Gasteiger partial charge in [0, 0.05) is 6.61 Å². The van der Waals surface area contributed by atoms with E-state index in [2.05, 4.69) is 23.2 Å². The minimum Gasteiger partial charge on any atom is -0.396 e. The molecule has 2 heteroatoms. The summed E-state index contributed by atoms with van der Waals surface area (Å²) in [6.07, 6.45) is 7.98. The lowest BCUT2D eigenvalue weighted by atomic mass is 10.1. The van der Waals surface area contributed by atoms with E-state index in [0.717, 1.165) is 6.61 Å². The average molecular weight is 184 g/mol. The summed E-state index contributed by atoms with van der Waals surface area (Å²) < 4.78 is 5.41. The van der Waals surface area contributed by atoms with E-state index in [1.54, 1.807) is 0 Å². The van der Waals surface area contributed by atoms with E-state index in [1.165, 1.54) is 38.5 Å². The second-order valence-electron chi connectivity index (χ2n) is 3.20. The van der Waals surface area contributed by atoms with Gasteiger partial charge in [0.2, 0.25) is 0 Å². The van der Waals surface area contributed by atoms with Crippen molar-refractivity contribution < 1.29 is 4.74 Å². The van der Waals surface area contributed by atoms with Gasteiger partial charge in [-0.2, -0.15) is 0 Å². The van der Waals surface area contributed by atoms with E-state index in [9.17, 15) is 0 Å². The molecular formula is C10H21AlO. The number of hydrogen-bond donors (Lipinski definition) is 0. The predicted molar refractivity (Wildman–Crippen MR) is 54.5 cm³/mol. The zero-order chi connectivity index (χ0) is 9.23. The molecule has 1 atom stereocenters. The number of ether oxygens (including phenoxy) is 1. The topological polar surface area (TPSA) is 9.23 Å². The van der Waals surface area contributed by atoms with Gasteiger partial charge >= 0.3 is 0 Å². The van der Waals surface area contributed by atoms with Gasteiger partial charge in [-0.25, -0.2) is 0 Å². The van der Waals surface area contributed by atoms with Crippen molar-refractivity contribution in [2.45, 2.75) is 57.3 Å².